The van der Waals surface area contributed by atoms with Crippen molar-refractivity contribution in [2.75, 3.05) is 7.11 Å². The van der Waals surface area contributed by atoms with Crippen LogP contribution in [0.4, 0.5) is 0 Å². The van der Waals surface area contributed by atoms with Crippen LogP contribution < -0.4 is 0 Å². The maximum absolute atomic E-state index is 15.4. The molecule has 0 aliphatic carbocycles. The van der Waals surface area contributed by atoms with E-state index in [1.807, 2.05) is 37.3 Å². The zero-order valence-corrected chi connectivity index (χ0v) is 43.8. The number of ether oxygens (including phenoxy) is 9. The Labute approximate surface area is 406 Å². The smallest absolute Gasteiger partial charge is 0.347 e. The minimum atomic E-state index is -3.48. The summed E-state index contributed by atoms with van der Waals surface area (Å²) in [6.45, 7) is 26.8. The van der Waals surface area contributed by atoms with Crippen LogP contribution in [-0.4, -0.2) is 106 Å². The highest BCUT2D eigenvalue weighted by molar-refractivity contribution is 6.00. The number of unbranched alkanes of at least 4 members (excludes halogenated alkanes) is 8. The van der Waals surface area contributed by atoms with Gasteiger partial charge in [0.1, 0.15) is 22.9 Å². The third kappa shape index (κ3) is 15.6. The number of benzene rings is 1. The van der Waals surface area contributed by atoms with E-state index < -0.39 is 93.8 Å². The second-order valence-corrected chi connectivity index (χ2v) is 21.9. The van der Waals surface area contributed by atoms with Crippen LogP contribution in [0.5, 0.6) is 0 Å². The first-order chi connectivity index (χ1) is 31.4. The number of esters is 5. The van der Waals surface area contributed by atoms with Crippen molar-refractivity contribution in [3.63, 3.8) is 0 Å². The molecular weight excluding hydrogens is 877 g/mol. The van der Waals surface area contributed by atoms with Crippen LogP contribution in [0.1, 0.15) is 180 Å². The number of rotatable bonds is 25. The molecule has 0 amide bonds. The predicted molar refractivity (Wildman–Crippen MR) is 255 cm³/mol. The van der Waals surface area contributed by atoms with Crippen LogP contribution in [0, 0.1) is 5.92 Å². The van der Waals surface area contributed by atoms with Crippen molar-refractivity contribution in [3.05, 3.63) is 48.0 Å². The van der Waals surface area contributed by atoms with Gasteiger partial charge in [0, 0.05) is 32.8 Å². The average Bonchev–Trinajstić information content (AvgIpc) is 3.43. The number of hydrogen-bond acceptors (Lipinski definition) is 15. The van der Waals surface area contributed by atoms with Crippen molar-refractivity contribution < 1.29 is 71.7 Å². The SMILES string of the molecule is C=C(CC[C@@]12O[C@H](C(=O)OC(C)(C)C)[C@@](O)(C(=O)OC(C)(C)C)[C@@](C(=O)OC(C)(C)C)(O1)[C@H](OC(=O)CCCCCCCCCCC)[C@H]2OC(C)(C)OC)C(OC(C)=O)C(C)Cc1ccccc1. The summed E-state index contributed by atoms with van der Waals surface area (Å²) in [6.07, 6.45) is 1.66. The summed E-state index contributed by atoms with van der Waals surface area (Å²) in [7, 11) is 1.37. The molecular formula is C53H84O15. The molecule has 2 saturated heterocycles. The van der Waals surface area contributed by atoms with E-state index in [0.29, 0.717) is 24.8 Å². The Morgan fingerprint density at radius 3 is 1.79 bits per heavy atom. The summed E-state index contributed by atoms with van der Waals surface area (Å²) < 4.78 is 55.9. The van der Waals surface area contributed by atoms with Gasteiger partial charge in [-0.25, -0.2) is 14.4 Å². The molecule has 2 aliphatic rings. The van der Waals surface area contributed by atoms with E-state index in [9.17, 15) is 24.3 Å². The molecule has 2 bridgehead atoms. The molecule has 2 heterocycles. The van der Waals surface area contributed by atoms with Crippen LogP contribution in [-0.2, 0) is 73.0 Å². The molecule has 2 aliphatic heterocycles. The molecule has 0 radical (unpaired) electrons. The number of hydrogen-bond donors (Lipinski definition) is 1. The lowest BCUT2D eigenvalue weighted by Gasteiger charge is -2.51. The van der Waals surface area contributed by atoms with Gasteiger partial charge in [-0.05, 0) is 107 Å². The fourth-order valence-electron chi connectivity index (χ4n) is 8.59. The molecule has 8 atom stereocenters. The van der Waals surface area contributed by atoms with Crippen molar-refractivity contribution in [3.8, 4) is 0 Å². The average molecular weight is 961 g/mol. The van der Waals surface area contributed by atoms with Crippen LogP contribution >= 0.6 is 0 Å². The lowest BCUT2D eigenvalue weighted by atomic mass is 9.74. The van der Waals surface area contributed by atoms with Gasteiger partial charge in [0.15, 0.2) is 18.0 Å². The molecule has 0 aromatic heterocycles. The van der Waals surface area contributed by atoms with Gasteiger partial charge in [0.25, 0.3) is 5.60 Å². The predicted octanol–water partition coefficient (Wildman–Crippen LogP) is 9.35. The lowest BCUT2D eigenvalue weighted by Crippen LogP contribution is -2.79. The molecule has 0 spiro atoms. The van der Waals surface area contributed by atoms with Gasteiger partial charge >= 0.3 is 29.8 Å². The van der Waals surface area contributed by atoms with Crippen molar-refractivity contribution in [2.45, 2.75) is 244 Å². The van der Waals surface area contributed by atoms with E-state index in [1.165, 1.54) is 47.6 Å². The van der Waals surface area contributed by atoms with E-state index in [1.54, 1.807) is 55.4 Å². The first kappa shape index (κ1) is 58.4. The summed E-state index contributed by atoms with van der Waals surface area (Å²) in [6, 6.07) is 9.64. The normalized spacial score (nSPS) is 24.9. The Balaban J connectivity index is 2.35. The highest BCUT2D eigenvalue weighted by Gasteiger charge is 2.87. The molecule has 1 N–H and O–H groups in total. The zero-order chi connectivity index (χ0) is 51.5. The number of carbonyl (C=O) groups is 5. The highest BCUT2D eigenvalue weighted by atomic mass is 16.8. The van der Waals surface area contributed by atoms with E-state index in [0.717, 1.165) is 37.7 Å². The van der Waals surface area contributed by atoms with Gasteiger partial charge in [0.05, 0.1) is 0 Å². The fraction of sp³-hybridized carbons (Fsp3) is 0.755. The Kier molecular flexibility index (Phi) is 20.5. The van der Waals surface area contributed by atoms with Crippen LogP contribution in [0.15, 0.2) is 42.5 Å². The van der Waals surface area contributed by atoms with Gasteiger partial charge in [0.2, 0.25) is 17.5 Å². The van der Waals surface area contributed by atoms with Crippen molar-refractivity contribution in [2.24, 2.45) is 5.92 Å². The zero-order valence-electron chi connectivity index (χ0n) is 43.8. The number of methoxy groups -OCH3 is 1. The monoisotopic (exact) mass is 961 g/mol. The van der Waals surface area contributed by atoms with E-state index in [4.69, 9.17) is 42.6 Å². The minimum absolute atomic E-state index is 0.0836. The number of aliphatic hydroxyl groups is 1. The first-order valence-corrected chi connectivity index (χ1v) is 24.5. The summed E-state index contributed by atoms with van der Waals surface area (Å²) in [5, 5.41) is 13.5. The van der Waals surface area contributed by atoms with E-state index in [-0.39, 0.29) is 25.2 Å². The molecule has 0 saturated carbocycles. The summed E-state index contributed by atoms with van der Waals surface area (Å²) in [5.74, 6) is -9.78. The first-order valence-electron chi connectivity index (χ1n) is 24.5. The molecule has 68 heavy (non-hydrogen) atoms. The van der Waals surface area contributed by atoms with E-state index in [2.05, 4.69) is 13.5 Å². The Bertz CT molecular complexity index is 1860. The Morgan fingerprint density at radius 1 is 0.750 bits per heavy atom. The highest BCUT2D eigenvalue weighted by Crippen LogP contribution is 2.59. The van der Waals surface area contributed by atoms with Gasteiger partial charge in [-0.2, -0.15) is 0 Å². The van der Waals surface area contributed by atoms with Gasteiger partial charge in [-0.1, -0.05) is 102 Å². The maximum Gasteiger partial charge on any atom is 0.347 e. The van der Waals surface area contributed by atoms with Gasteiger partial charge in [-0.3, -0.25) is 9.59 Å². The second-order valence-electron chi connectivity index (χ2n) is 21.9. The van der Waals surface area contributed by atoms with Crippen molar-refractivity contribution >= 4 is 29.8 Å². The van der Waals surface area contributed by atoms with E-state index >= 15 is 4.79 Å². The largest absolute Gasteiger partial charge is 0.458 e. The standard InChI is InChI=1S/C53H84O15/c1-17-18-19-20-21-22-23-24-28-31-39(55)62-42-41(63-50(14,15)60-16)51(33-32-35(2)40(61-37(4)54)36(3)34-38-29-26-25-27-30-38)64-43(44(56)65-47(5,6)7)52(59,45(57)66-48(8,9)10)53(42,68-51)46(58)67-49(11,12)13/h25-27,29-30,36,40-43,59H,2,17-24,28,31-34H2,1,3-16H3/t36?,40?,41-,42-,43-,51-,52-,53-/m1/s1. The summed E-state index contributed by atoms with van der Waals surface area (Å²) in [5.41, 5.74) is -9.10. The molecule has 3 rings (SSSR count). The third-order valence-electron chi connectivity index (χ3n) is 11.8. The quantitative estimate of drug-likeness (QED) is 0.0321. The molecule has 15 heteroatoms. The lowest BCUT2D eigenvalue weighted by molar-refractivity contribution is -0.387. The summed E-state index contributed by atoms with van der Waals surface area (Å²) >= 11 is 0. The second kappa shape index (κ2) is 23.8. The van der Waals surface area contributed by atoms with Gasteiger partial charge < -0.3 is 47.7 Å². The summed E-state index contributed by atoms with van der Waals surface area (Å²) in [4.78, 5) is 72.1. The number of fused-ring (bicyclic) bond motifs is 2. The van der Waals surface area contributed by atoms with Crippen LogP contribution in [0.2, 0.25) is 0 Å². The maximum atomic E-state index is 15.4. The third-order valence-corrected chi connectivity index (χ3v) is 11.8. The molecule has 2 unspecified atom stereocenters. The molecule has 1 aromatic rings. The van der Waals surface area contributed by atoms with Crippen LogP contribution in [0.25, 0.3) is 0 Å². The van der Waals surface area contributed by atoms with Gasteiger partial charge in [-0.15, -0.1) is 0 Å². The minimum Gasteiger partial charge on any atom is -0.458 e. The topological polar surface area (TPSA) is 189 Å². The van der Waals surface area contributed by atoms with Crippen LogP contribution in [0.3, 0.4) is 0 Å². The Morgan fingerprint density at radius 2 is 1.28 bits per heavy atom. The number of carbonyl (C=O) groups excluding carboxylic acids is 5. The van der Waals surface area contributed by atoms with Crippen molar-refractivity contribution in [1.82, 2.24) is 0 Å². The Hall–Kier alpha value is -3.89. The molecule has 15 nitrogen and oxygen atoms in total. The molecule has 2 fully saturated rings. The van der Waals surface area contributed by atoms with Crippen molar-refractivity contribution in [1.29, 1.82) is 0 Å². The molecule has 386 valence electrons. The molecule has 1 aromatic carbocycles. The fourth-order valence-corrected chi connectivity index (χ4v) is 8.59.